The minimum Gasteiger partial charge on any atom is -0.480 e. The van der Waals surface area contributed by atoms with Crippen molar-refractivity contribution >= 4 is 43.3 Å². The van der Waals surface area contributed by atoms with E-state index in [1.54, 1.807) is 13.0 Å². The van der Waals surface area contributed by atoms with Crippen molar-refractivity contribution < 1.29 is 18.3 Å². The lowest BCUT2D eigenvalue weighted by atomic mass is 10.4. The molecule has 0 bridgehead atoms. The lowest BCUT2D eigenvalue weighted by Gasteiger charge is -2.08. The molecule has 0 aliphatic heterocycles. The van der Waals surface area contributed by atoms with Gasteiger partial charge in [-0.25, -0.2) is 8.42 Å². The number of hydrogen-bond donors (Lipinski definition) is 2. The van der Waals surface area contributed by atoms with E-state index in [4.69, 9.17) is 5.11 Å². The number of carbonyl (C=O) groups is 1. The van der Waals surface area contributed by atoms with Crippen LogP contribution in [-0.4, -0.2) is 25.5 Å². The molecule has 0 radical (unpaired) electrons. The Hall–Kier alpha value is -0.440. The summed E-state index contributed by atoms with van der Waals surface area (Å²) in [5.74, 6) is -1.21. The summed E-state index contributed by atoms with van der Waals surface area (Å²) in [7, 11) is -3.77. The van der Waals surface area contributed by atoms with Crippen LogP contribution in [0.25, 0.3) is 0 Å². The van der Waals surface area contributed by atoms with Gasteiger partial charge in [-0.3, -0.25) is 4.79 Å². The van der Waals surface area contributed by atoms with Crippen LogP contribution >= 0.6 is 27.3 Å². The van der Waals surface area contributed by atoms with Crippen LogP contribution in [0.15, 0.2) is 14.7 Å². The van der Waals surface area contributed by atoms with Crippen LogP contribution < -0.4 is 4.72 Å². The van der Waals surface area contributed by atoms with Gasteiger partial charge in [-0.1, -0.05) is 0 Å². The molecule has 1 atom stereocenters. The number of thiophene rings is 1. The van der Waals surface area contributed by atoms with Gasteiger partial charge in [0.15, 0.2) is 0 Å². The number of rotatable bonds is 4. The summed E-state index contributed by atoms with van der Waals surface area (Å²) in [6, 6.07) is 0.518. The van der Waals surface area contributed by atoms with Crippen molar-refractivity contribution in [3.63, 3.8) is 0 Å². The fourth-order valence-electron chi connectivity index (χ4n) is 0.982. The molecule has 90 valence electrons. The molecule has 0 aromatic carbocycles. The standard InChI is InChI=1S/C8H10BrNO4S2/c1-4-3-6(9)8(15-4)16(13,14)10-5(2)7(11)12/h3,5,10H,1-2H3,(H,11,12)/t5-/m1/s1. The topological polar surface area (TPSA) is 83.5 Å². The molecule has 2 N–H and O–H groups in total. The Kier molecular flexibility index (Phi) is 4.11. The van der Waals surface area contributed by atoms with E-state index < -0.39 is 22.0 Å². The normalized spacial score (nSPS) is 13.7. The number of sulfonamides is 1. The molecule has 1 heterocycles. The highest BCUT2D eigenvalue weighted by Gasteiger charge is 2.25. The van der Waals surface area contributed by atoms with Crippen molar-refractivity contribution in [2.24, 2.45) is 0 Å². The minimum absolute atomic E-state index is 0.0955. The number of carboxylic acid groups (broad SMARTS) is 1. The van der Waals surface area contributed by atoms with Crippen LogP contribution in [0.2, 0.25) is 0 Å². The molecule has 0 saturated heterocycles. The second-order valence-corrected chi connectivity index (χ2v) is 7.19. The quantitative estimate of drug-likeness (QED) is 0.879. The molecule has 0 spiro atoms. The summed E-state index contributed by atoms with van der Waals surface area (Å²) in [5, 5.41) is 8.63. The second kappa shape index (κ2) is 4.82. The molecular weight excluding hydrogens is 318 g/mol. The van der Waals surface area contributed by atoms with Gasteiger partial charge in [0.25, 0.3) is 10.0 Å². The minimum atomic E-state index is -3.77. The molecule has 0 fully saturated rings. The van der Waals surface area contributed by atoms with Crippen LogP contribution in [0.1, 0.15) is 11.8 Å². The van der Waals surface area contributed by atoms with Gasteiger partial charge in [-0.15, -0.1) is 11.3 Å². The van der Waals surface area contributed by atoms with Crippen LogP contribution in [0.4, 0.5) is 0 Å². The van der Waals surface area contributed by atoms with Crippen LogP contribution in [0, 0.1) is 6.92 Å². The number of aliphatic carboxylic acids is 1. The molecule has 5 nitrogen and oxygen atoms in total. The molecule has 0 amide bonds. The Labute approximate surface area is 106 Å². The van der Waals surface area contributed by atoms with Crippen molar-refractivity contribution in [2.75, 3.05) is 0 Å². The van der Waals surface area contributed by atoms with E-state index in [9.17, 15) is 13.2 Å². The highest BCUT2D eigenvalue weighted by atomic mass is 79.9. The van der Waals surface area contributed by atoms with Gasteiger partial charge < -0.3 is 5.11 Å². The molecule has 1 aromatic rings. The highest BCUT2D eigenvalue weighted by Crippen LogP contribution is 2.30. The van der Waals surface area contributed by atoms with Gasteiger partial charge in [0.2, 0.25) is 0 Å². The fourth-order valence-corrected chi connectivity index (χ4v) is 4.95. The summed E-state index contributed by atoms with van der Waals surface area (Å²) in [4.78, 5) is 11.4. The Bertz CT molecular complexity index is 508. The second-order valence-electron chi connectivity index (χ2n) is 3.17. The first kappa shape index (κ1) is 13.6. The van der Waals surface area contributed by atoms with E-state index >= 15 is 0 Å². The summed E-state index contributed by atoms with van der Waals surface area (Å²) < 4.78 is 26.2. The largest absolute Gasteiger partial charge is 0.480 e. The predicted octanol–water partition coefficient (Wildman–Crippen LogP) is 1.57. The first-order valence-electron chi connectivity index (χ1n) is 4.25. The molecule has 0 aliphatic rings. The van der Waals surface area contributed by atoms with E-state index in [1.165, 1.54) is 6.92 Å². The summed E-state index contributed by atoms with van der Waals surface area (Å²) >= 11 is 4.21. The first-order valence-corrected chi connectivity index (χ1v) is 7.34. The van der Waals surface area contributed by atoms with Crippen molar-refractivity contribution in [1.29, 1.82) is 0 Å². The third kappa shape index (κ3) is 3.03. The Morgan fingerprint density at radius 2 is 2.19 bits per heavy atom. The molecule has 0 unspecified atom stereocenters. The van der Waals surface area contributed by atoms with E-state index in [2.05, 4.69) is 20.7 Å². The number of nitrogens with one attached hydrogen (secondary N) is 1. The lowest BCUT2D eigenvalue weighted by molar-refractivity contribution is -0.138. The molecule has 1 rings (SSSR count). The maximum absolute atomic E-state index is 11.8. The zero-order chi connectivity index (χ0) is 12.5. The Morgan fingerprint density at radius 3 is 2.56 bits per heavy atom. The highest BCUT2D eigenvalue weighted by molar-refractivity contribution is 9.10. The van der Waals surface area contributed by atoms with E-state index in [1.807, 2.05) is 0 Å². The maximum atomic E-state index is 11.8. The van der Waals surface area contributed by atoms with E-state index in [-0.39, 0.29) is 4.21 Å². The van der Waals surface area contributed by atoms with Gasteiger partial charge in [0, 0.05) is 9.35 Å². The van der Waals surface area contributed by atoms with E-state index in [0.717, 1.165) is 16.2 Å². The van der Waals surface area contributed by atoms with Crippen molar-refractivity contribution in [3.05, 3.63) is 15.4 Å². The van der Waals surface area contributed by atoms with Crippen molar-refractivity contribution in [2.45, 2.75) is 24.1 Å². The number of aryl methyl sites for hydroxylation is 1. The monoisotopic (exact) mass is 327 g/mol. The smallest absolute Gasteiger partial charge is 0.321 e. The molecule has 1 aromatic heterocycles. The Balaban J connectivity index is 3.03. The van der Waals surface area contributed by atoms with Crippen molar-refractivity contribution in [3.8, 4) is 0 Å². The summed E-state index contributed by atoms with van der Waals surface area (Å²) in [6.45, 7) is 3.04. The molecule has 0 saturated carbocycles. The summed E-state index contributed by atoms with van der Waals surface area (Å²) in [5.41, 5.74) is 0. The van der Waals surface area contributed by atoms with Gasteiger partial charge in [-0.05, 0) is 35.8 Å². The number of halogens is 1. The number of carboxylic acids is 1. The fraction of sp³-hybridized carbons (Fsp3) is 0.375. The molecular formula is C8H10BrNO4S2. The maximum Gasteiger partial charge on any atom is 0.321 e. The van der Waals surface area contributed by atoms with Crippen molar-refractivity contribution in [1.82, 2.24) is 4.72 Å². The van der Waals surface area contributed by atoms with E-state index in [0.29, 0.717) is 4.47 Å². The third-order valence-electron chi connectivity index (χ3n) is 1.73. The summed E-state index contributed by atoms with van der Waals surface area (Å²) in [6.07, 6.45) is 0. The SMILES string of the molecule is Cc1cc(Br)c(S(=O)(=O)N[C@H](C)C(=O)O)s1. The third-order valence-corrected chi connectivity index (χ3v) is 6.00. The Morgan fingerprint density at radius 1 is 1.62 bits per heavy atom. The lowest BCUT2D eigenvalue weighted by Crippen LogP contribution is -2.38. The average molecular weight is 328 g/mol. The molecule has 0 aliphatic carbocycles. The predicted molar refractivity (Wildman–Crippen MR) is 64.2 cm³/mol. The zero-order valence-electron chi connectivity index (χ0n) is 8.52. The zero-order valence-corrected chi connectivity index (χ0v) is 11.7. The molecule has 16 heavy (non-hydrogen) atoms. The molecule has 8 heteroatoms. The van der Waals surface area contributed by atoms with Crippen LogP contribution in [-0.2, 0) is 14.8 Å². The average Bonchev–Trinajstić information content (AvgIpc) is 2.45. The van der Waals surface area contributed by atoms with Crippen LogP contribution in [0.5, 0.6) is 0 Å². The van der Waals surface area contributed by atoms with Gasteiger partial charge in [0.1, 0.15) is 10.3 Å². The van der Waals surface area contributed by atoms with Crippen LogP contribution in [0.3, 0.4) is 0 Å². The first-order chi connectivity index (χ1) is 7.24. The number of hydrogen-bond acceptors (Lipinski definition) is 4. The van der Waals surface area contributed by atoms with Gasteiger partial charge >= 0.3 is 5.97 Å². The van der Waals surface area contributed by atoms with Gasteiger partial charge in [-0.2, -0.15) is 4.72 Å². The van der Waals surface area contributed by atoms with Gasteiger partial charge in [0.05, 0.1) is 0 Å².